The minimum absolute atomic E-state index is 0.750. The Morgan fingerprint density at radius 2 is 2.00 bits per heavy atom. The van der Waals surface area contributed by atoms with Crippen LogP contribution in [0.25, 0.3) is 0 Å². The van der Waals surface area contributed by atoms with Crippen LogP contribution in [0.2, 0.25) is 0 Å². The van der Waals surface area contributed by atoms with Gasteiger partial charge >= 0.3 is 0 Å². The standard InChI is InChI=1S/CH6NOP/c2-1(3)4/h1,3H,2,4H2/t1-/m0/s1. The van der Waals surface area contributed by atoms with Crippen LogP contribution in [-0.2, 0) is 0 Å². The molecule has 0 aliphatic heterocycles. The highest BCUT2D eigenvalue weighted by Crippen LogP contribution is 1.76. The van der Waals surface area contributed by atoms with E-state index in [9.17, 15) is 0 Å². The lowest BCUT2D eigenvalue weighted by Gasteiger charge is -1.82. The second kappa shape index (κ2) is 1.65. The van der Waals surface area contributed by atoms with Crippen LogP contribution in [0, 0.1) is 0 Å². The van der Waals surface area contributed by atoms with E-state index in [-0.39, 0.29) is 0 Å². The fourth-order valence-electron chi connectivity index (χ4n) is 0. The molecule has 2 nitrogen and oxygen atoms in total. The highest BCUT2D eigenvalue weighted by molar-refractivity contribution is 7.17. The van der Waals surface area contributed by atoms with Crippen molar-refractivity contribution in [1.82, 2.24) is 0 Å². The summed E-state index contributed by atoms with van der Waals surface area (Å²) < 4.78 is 0. The predicted molar refractivity (Wildman–Crippen MR) is 19.9 cm³/mol. The van der Waals surface area contributed by atoms with E-state index in [1.807, 2.05) is 9.24 Å². The maximum Gasteiger partial charge on any atom is 0.115 e. The summed E-state index contributed by atoms with van der Waals surface area (Å²) in [6.07, 6.45) is 0. The molecule has 0 saturated carbocycles. The van der Waals surface area contributed by atoms with Gasteiger partial charge in [-0.15, -0.1) is 0 Å². The predicted octanol–water partition coefficient (Wildman–Crippen LogP) is -0.904. The molecule has 0 radical (unpaired) electrons. The Bertz CT molecular complexity index is 12.8. The number of aliphatic hydroxyl groups excluding tert-OH is 1. The van der Waals surface area contributed by atoms with Crippen molar-refractivity contribution in [2.45, 2.75) is 5.97 Å². The van der Waals surface area contributed by atoms with Crippen LogP contribution in [0.1, 0.15) is 0 Å². The van der Waals surface area contributed by atoms with Gasteiger partial charge in [-0.2, -0.15) is 0 Å². The van der Waals surface area contributed by atoms with E-state index in [1.54, 1.807) is 0 Å². The third-order valence-corrected chi connectivity index (χ3v) is 0. The molecule has 2 atom stereocenters. The molecule has 0 fully saturated rings. The lowest BCUT2D eigenvalue weighted by Crippen LogP contribution is -2.06. The van der Waals surface area contributed by atoms with Gasteiger partial charge in [-0.1, -0.05) is 9.24 Å². The second-order valence-electron chi connectivity index (χ2n) is 0.491. The summed E-state index contributed by atoms with van der Waals surface area (Å²) in [4.78, 5) is 0. The number of hydrogen-bond donors (Lipinski definition) is 2. The van der Waals surface area contributed by atoms with Crippen molar-refractivity contribution in [3.8, 4) is 0 Å². The molecule has 3 N–H and O–H groups in total. The van der Waals surface area contributed by atoms with E-state index in [1.165, 1.54) is 0 Å². The summed E-state index contributed by atoms with van der Waals surface area (Å²) >= 11 is 0. The Morgan fingerprint density at radius 1 is 2.00 bits per heavy atom. The Balaban J connectivity index is 2.32. The monoisotopic (exact) mass is 79.0 g/mol. The summed E-state index contributed by atoms with van der Waals surface area (Å²) in [5, 5.41) is 7.80. The van der Waals surface area contributed by atoms with Gasteiger partial charge in [0.15, 0.2) is 0 Å². The van der Waals surface area contributed by atoms with E-state index < -0.39 is 5.97 Å². The average Bonchev–Trinajstić information content (AvgIpc) is 0.811. The smallest absolute Gasteiger partial charge is 0.115 e. The van der Waals surface area contributed by atoms with Gasteiger partial charge in [0.25, 0.3) is 0 Å². The van der Waals surface area contributed by atoms with Crippen molar-refractivity contribution in [2.24, 2.45) is 5.73 Å². The van der Waals surface area contributed by atoms with Gasteiger partial charge in [0, 0.05) is 0 Å². The van der Waals surface area contributed by atoms with Crippen LogP contribution in [0.3, 0.4) is 0 Å². The molecule has 0 aliphatic carbocycles. The fraction of sp³-hybridized carbons (Fsp3) is 1.00. The normalized spacial score (nSPS) is 15.8. The highest BCUT2D eigenvalue weighted by atomic mass is 31.0. The third kappa shape index (κ3) is 35.0. The van der Waals surface area contributed by atoms with Crippen LogP contribution in [0.5, 0.6) is 0 Å². The molecule has 0 amide bonds. The van der Waals surface area contributed by atoms with Crippen molar-refractivity contribution in [1.29, 1.82) is 0 Å². The molecule has 0 aromatic rings. The van der Waals surface area contributed by atoms with Crippen molar-refractivity contribution < 1.29 is 5.11 Å². The van der Waals surface area contributed by atoms with E-state index in [0.29, 0.717) is 0 Å². The quantitative estimate of drug-likeness (QED) is 0.292. The maximum atomic E-state index is 7.80. The zero-order valence-electron chi connectivity index (χ0n) is 2.18. The Kier molecular flexibility index (Phi) is 1.79. The first-order valence-corrected chi connectivity index (χ1v) is 1.59. The van der Waals surface area contributed by atoms with E-state index in [2.05, 4.69) is 5.73 Å². The van der Waals surface area contributed by atoms with Gasteiger partial charge in [-0.05, 0) is 0 Å². The molecule has 4 heavy (non-hydrogen) atoms. The first kappa shape index (κ1) is 4.35. The third-order valence-electron chi connectivity index (χ3n) is 0. The van der Waals surface area contributed by atoms with Gasteiger partial charge in [0.2, 0.25) is 0 Å². The van der Waals surface area contributed by atoms with Crippen LogP contribution in [0.15, 0.2) is 0 Å². The summed E-state index contributed by atoms with van der Waals surface area (Å²) in [6.45, 7) is 0. The SMILES string of the molecule is N[C@@H](O)P. The molecule has 0 aromatic heterocycles. The molecule has 3 heteroatoms. The molecule has 0 rings (SSSR count). The molecular weight excluding hydrogens is 73.0 g/mol. The van der Waals surface area contributed by atoms with Crippen LogP contribution < -0.4 is 5.73 Å². The van der Waals surface area contributed by atoms with Gasteiger partial charge < -0.3 is 10.8 Å². The zero-order valence-corrected chi connectivity index (χ0v) is 3.33. The lowest BCUT2D eigenvalue weighted by molar-refractivity contribution is 0.271. The number of rotatable bonds is 0. The van der Waals surface area contributed by atoms with Gasteiger partial charge in [-0.3, -0.25) is 0 Å². The van der Waals surface area contributed by atoms with Crippen molar-refractivity contribution >= 4 is 9.24 Å². The Labute approximate surface area is 27.2 Å². The van der Waals surface area contributed by atoms with Crippen LogP contribution in [-0.4, -0.2) is 11.1 Å². The fourth-order valence-corrected chi connectivity index (χ4v) is 0. The molecule has 1 unspecified atom stereocenters. The summed E-state index contributed by atoms with van der Waals surface area (Å²) in [5.41, 5.74) is 4.63. The first-order chi connectivity index (χ1) is 1.73. The van der Waals surface area contributed by atoms with Gasteiger partial charge in [-0.25, -0.2) is 0 Å². The topological polar surface area (TPSA) is 46.2 Å². The second-order valence-corrected chi connectivity index (χ2v) is 1.17. The van der Waals surface area contributed by atoms with E-state index >= 15 is 0 Å². The molecule has 0 aliphatic rings. The minimum Gasteiger partial charge on any atom is -0.376 e. The van der Waals surface area contributed by atoms with Gasteiger partial charge in [0.1, 0.15) is 5.97 Å². The minimum atomic E-state index is -0.750. The van der Waals surface area contributed by atoms with Crippen molar-refractivity contribution in [3.63, 3.8) is 0 Å². The molecule has 0 spiro atoms. The summed E-state index contributed by atoms with van der Waals surface area (Å²) in [7, 11) is 1.99. The number of aliphatic hydroxyl groups is 1. The summed E-state index contributed by atoms with van der Waals surface area (Å²) in [5.74, 6) is -0.750. The molecule has 0 bridgehead atoms. The summed E-state index contributed by atoms with van der Waals surface area (Å²) in [6, 6.07) is 0. The largest absolute Gasteiger partial charge is 0.376 e. The van der Waals surface area contributed by atoms with Gasteiger partial charge in [0.05, 0.1) is 0 Å². The molecule has 0 saturated heterocycles. The molecule has 26 valence electrons. The average molecular weight is 79.0 g/mol. The lowest BCUT2D eigenvalue weighted by atomic mass is 11.4. The molecular formula is CH6NOP. The van der Waals surface area contributed by atoms with Crippen LogP contribution in [0.4, 0.5) is 0 Å². The number of hydrogen-bond acceptors (Lipinski definition) is 2. The number of nitrogens with two attached hydrogens (primary N) is 1. The van der Waals surface area contributed by atoms with Crippen molar-refractivity contribution in [2.75, 3.05) is 0 Å². The Hall–Kier alpha value is 0.350. The maximum absolute atomic E-state index is 7.80. The Morgan fingerprint density at radius 3 is 2.00 bits per heavy atom. The molecule has 0 heterocycles. The van der Waals surface area contributed by atoms with Crippen molar-refractivity contribution in [3.05, 3.63) is 0 Å². The highest BCUT2D eigenvalue weighted by Gasteiger charge is 1.68. The van der Waals surface area contributed by atoms with E-state index in [4.69, 9.17) is 5.11 Å². The van der Waals surface area contributed by atoms with Crippen LogP contribution >= 0.6 is 9.24 Å². The molecule has 0 aromatic carbocycles. The first-order valence-electron chi connectivity index (χ1n) is 0.925. The zero-order chi connectivity index (χ0) is 3.58. The van der Waals surface area contributed by atoms with E-state index in [0.717, 1.165) is 0 Å².